The summed E-state index contributed by atoms with van der Waals surface area (Å²) >= 11 is 6.34. The Morgan fingerprint density at radius 3 is 2.39 bits per heavy atom. The molecule has 206 valence electrons. The van der Waals surface area contributed by atoms with Gasteiger partial charge in [0.1, 0.15) is 18.0 Å². The number of aliphatic carboxylic acids is 1. The number of anilines is 1. The van der Waals surface area contributed by atoms with E-state index in [-0.39, 0.29) is 31.5 Å². The van der Waals surface area contributed by atoms with Crippen molar-refractivity contribution in [3.05, 3.63) is 53.3 Å². The number of aromatic nitrogens is 1. The predicted molar refractivity (Wildman–Crippen MR) is 145 cm³/mol. The number of benzene rings is 1. The average molecular weight is 546 g/mol. The Kier molecular flexibility index (Phi) is 10.4. The maximum Gasteiger partial charge on any atom is 0.414 e. The minimum atomic E-state index is -0.880. The second-order valence-electron chi connectivity index (χ2n) is 10.3. The zero-order valence-electron chi connectivity index (χ0n) is 22.2. The molecule has 0 spiro atoms. The van der Waals surface area contributed by atoms with Crippen LogP contribution in [0.15, 0.2) is 42.7 Å². The first-order valence-electron chi connectivity index (χ1n) is 12.9. The van der Waals surface area contributed by atoms with E-state index in [2.05, 4.69) is 4.98 Å². The van der Waals surface area contributed by atoms with E-state index in [9.17, 15) is 14.4 Å². The number of carbonyl (C=O) groups is 3. The van der Waals surface area contributed by atoms with Crippen molar-refractivity contribution in [1.82, 2.24) is 9.88 Å². The minimum absolute atomic E-state index is 0.00598. The van der Waals surface area contributed by atoms with Crippen molar-refractivity contribution in [2.24, 2.45) is 0 Å². The van der Waals surface area contributed by atoms with E-state index in [1.165, 1.54) is 4.90 Å². The highest BCUT2D eigenvalue weighted by molar-refractivity contribution is 6.31. The van der Waals surface area contributed by atoms with Crippen LogP contribution >= 0.6 is 11.6 Å². The van der Waals surface area contributed by atoms with Gasteiger partial charge in [0.2, 0.25) is 0 Å². The van der Waals surface area contributed by atoms with Gasteiger partial charge in [-0.15, -0.1) is 0 Å². The van der Waals surface area contributed by atoms with E-state index in [0.29, 0.717) is 35.0 Å². The van der Waals surface area contributed by atoms with Crippen LogP contribution in [0.3, 0.4) is 0 Å². The molecule has 0 saturated heterocycles. The molecule has 0 atom stereocenters. The fourth-order valence-electron chi connectivity index (χ4n) is 4.42. The quantitative estimate of drug-likeness (QED) is 0.379. The molecule has 1 fully saturated rings. The second-order valence-corrected chi connectivity index (χ2v) is 10.7. The monoisotopic (exact) mass is 545 g/mol. The van der Waals surface area contributed by atoms with Crippen molar-refractivity contribution in [3.8, 4) is 5.75 Å². The molecule has 1 saturated carbocycles. The smallest absolute Gasteiger partial charge is 0.414 e. The van der Waals surface area contributed by atoms with Crippen molar-refractivity contribution in [1.29, 1.82) is 0 Å². The summed E-state index contributed by atoms with van der Waals surface area (Å²) in [5.41, 5.74) is 0.336. The Balaban J connectivity index is 1.71. The lowest BCUT2D eigenvalue weighted by molar-refractivity contribution is -0.137. The summed E-state index contributed by atoms with van der Waals surface area (Å²) in [6.07, 6.45) is 6.96. The van der Waals surface area contributed by atoms with E-state index < -0.39 is 17.7 Å². The number of hydrogen-bond acceptors (Lipinski definition) is 6. The van der Waals surface area contributed by atoms with Crippen LogP contribution in [0.5, 0.6) is 5.75 Å². The van der Waals surface area contributed by atoms with Gasteiger partial charge in [-0.2, -0.15) is 0 Å². The molecule has 10 heteroatoms. The van der Waals surface area contributed by atoms with Crippen molar-refractivity contribution < 1.29 is 29.0 Å². The van der Waals surface area contributed by atoms with Gasteiger partial charge in [-0.1, -0.05) is 24.4 Å². The van der Waals surface area contributed by atoms with Crippen LogP contribution < -0.4 is 9.64 Å². The number of rotatable bonds is 11. The van der Waals surface area contributed by atoms with Crippen molar-refractivity contribution >= 4 is 35.3 Å². The lowest BCUT2D eigenvalue weighted by atomic mass is 10.1. The summed E-state index contributed by atoms with van der Waals surface area (Å²) in [6, 6.07) is 8.36. The van der Waals surface area contributed by atoms with Crippen molar-refractivity contribution in [2.45, 2.75) is 70.9 Å². The Morgan fingerprint density at radius 2 is 1.76 bits per heavy atom. The first-order valence-corrected chi connectivity index (χ1v) is 13.3. The molecule has 2 amide bonds. The largest absolute Gasteiger partial charge is 0.492 e. The third-order valence-corrected chi connectivity index (χ3v) is 6.32. The molecule has 1 aromatic carbocycles. The number of hydrogen-bond donors (Lipinski definition) is 1. The van der Waals surface area contributed by atoms with Crippen LogP contribution in [0.4, 0.5) is 10.5 Å². The molecule has 1 aliphatic carbocycles. The molecule has 1 N–H and O–H groups in total. The fourth-order valence-corrected chi connectivity index (χ4v) is 4.65. The summed E-state index contributed by atoms with van der Waals surface area (Å²) in [4.78, 5) is 44.6. The molecule has 1 aromatic heterocycles. The molecule has 38 heavy (non-hydrogen) atoms. The maximum atomic E-state index is 13.5. The van der Waals surface area contributed by atoms with Gasteiger partial charge in [0.15, 0.2) is 0 Å². The zero-order valence-corrected chi connectivity index (χ0v) is 22.9. The third kappa shape index (κ3) is 8.90. The molecule has 0 aliphatic heterocycles. The maximum absolute atomic E-state index is 13.5. The van der Waals surface area contributed by atoms with E-state index in [0.717, 1.165) is 25.7 Å². The van der Waals surface area contributed by atoms with Gasteiger partial charge in [0, 0.05) is 42.0 Å². The molecule has 9 nitrogen and oxygen atoms in total. The van der Waals surface area contributed by atoms with Gasteiger partial charge in [0.05, 0.1) is 12.2 Å². The topological polar surface area (TPSA) is 109 Å². The van der Waals surface area contributed by atoms with Gasteiger partial charge >= 0.3 is 12.1 Å². The third-order valence-electron chi connectivity index (χ3n) is 6.11. The van der Waals surface area contributed by atoms with Crippen molar-refractivity contribution in [2.75, 3.05) is 24.6 Å². The number of carboxylic acid groups (broad SMARTS) is 1. The first-order chi connectivity index (χ1) is 18.0. The van der Waals surface area contributed by atoms with E-state index >= 15 is 0 Å². The number of amides is 2. The van der Waals surface area contributed by atoms with Crippen LogP contribution in [-0.2, 0) is 9.53 Å². The first kappa shape index (κ1) is 29.2. The highest BCUT2D eigenvalue weighted by Gasteiger charge is 2.28. The van der Waals surface area contributed by atoms with Crippen LogP contribution in [0.1, 0.15) is 69.7 Å². The van der Waals surface area contributed by atoms with Gasteiger partial charge in [-0.25, -0.2) is 4.79 Å². The Bertz CT molecular complexity index is 1100. The summed E-state index contributed by atoms with van der Waals surface area (Å²) in [5, 5.41) is 9.38. The van der Waals surface area contributed by atoms with Crippen LogP contribution in [0.25, 0.3) is 0 Å². The van der Waals surface area contributed by atoms with Crippen LogP contribution in [-0.4, -0.2) is 64.3 Å². The van der Waals surface area contributed by atoms with E-state index in [1.54, 1.807) is 68.4 Å². The molecular formula is C28H36ClN3O6. The Hall–Kier alpha value is -3.33. The zero-order chi connectivity index (χ0) is 27.7. The number of ether oxygens (including phenoxy) is 2. The molecule has 3 rings (SSSR count). The van der Waals surface area contributed by atoms with Gasteiger partial charge in [-0.05, 0) is 70.4 Å². The van der Waals surface area contributed by atoms with E-state index in [1.807, 2.05) is 0 Å². The number of pyridine rings is 1. The molecule has 1 heterocycles. The Labute approximate surface area is 228 Å². The average Bonchev–Trinajstić information content (AvgIpc) is 3.37. The Morgan fingerprint density at radius 1 is 1.08 bits per heavy atom. The van der Waals surface area contributed by atoms with Gasteiger partial charge in [-0.3, -0.25) is 19.5 Å². The fraction of sp³-hybridized carbons (Fsp3) is 0.500. The van der Waals surface area contributed by atoms with Gasteiger partial charge < -0.3 is 19.5 Å². The molecule has 1 aliphatic rings. The van der Waals surface area contributed by atoms with Gasteiger partial charge in [0.25, 0.3) is 5.91 Å². The number of carboxylic acids is 1. The summed E-state index contributed by atoms with van der Waals surface area (Å²) in [5.74, 6) is -0.673. The molecule has 2 aromatic rings. The molecule has 0 unspecified atom stereocenters. The second kappa shape index (κ2) is 13.5. The number of halogens is 1. The molecule has 0 radical (unpaired) electrons. The number of nitrogens with zero attached hydrogens (tertiary/aromatic N) is 3. The summed E-state index contributed by atoms with van der Waals surface area (Å²) < 4.78 is 11.5. The highest BCUT2D eigenvalue weighted by atomic mass is 35.5. The molecule has 0 bridgehead atoms. The van der Waals surface area contributed by atoms with Crippen molar-refractivity contribution in [3.63, 3.8) is 0 Å². The minimum Gasteiger partial charge on any atom is -0.492 e. The highest BCUT2D eigenvalue weighted by Crippen LogP contribution is 2.28. The lowest BCUT2D eigenvalue weighted by Gasteiger charge is -2.29. The molecular weight excluding hydrogens is 510 g/mol. The van der Waals surface area contributed by atoms with E-state index in [4.69, 9.17) is 26.2 Å². The standard InChI is InChI=1S/C28H36ClN3O6/c1-28(2,3)38-27(36)32(23-10-12-30-13-11-23)15-16-37-24-18-20(17-21(29)19-24)26(35)31(14-6-9-25(33)34)22-7-4-5-8-22/h10-13,17-19,22H,4-9,14-16H2,1-3H3,(H,33,34). The summed E-state index contributed by atoms with van der Waals surface area (Å²) in [6.45, 7) is 6.08. The van der Waals surface area contributed by atoms with Crippen LogP contribution in [0, 0.1) is 0 Å². The SMILES string of the molecule is CC(C)(C)OC(=O)N(CCOc1cc(Cl)cc(C(=O)N(CCCC(=O)O)C2CCCC2)c1)c1ccncc1. The normalized spacial score (nSPS) is 13.7. The van der Waals surface area contributed by atoms with Crippen LogP contribution in [0.2, 0.25) is 5.02 Å². The predicted octanol–water partition coefficient (Wildman–Crippen LogP) is 5.81. The lowest BCUT2D eigenvalue weighted by Crippen LogP contribution is -2.40. The number of carbonyl (C=O) groups excluding carboxylic acids is 2. The summed E-state index contributed by atoms with van der Waals surface area (Å²) in [7, 11) is 0.